The van der Waals surface area contributed by atoms with Crippen LogP contribution >= 0.6 is 11.3 Å². The lowest BCUT2D eigenvalue weighted by Crippen LogP contribution is -2.04. The molecule has 3 nitrogen and oxygen atoms in total. The number of thiophene rings is 1. The number of aromatic nitrogens is 1. The minimum Gasteiger partial charge on any atom is -0.465 e. The highest BCUT2D eigenvalue weighted by atomic mass is 32.1. The summed E-state index contributed by atoms with van der Waals surface area (Å²) in [5.41, 5.74) is 4.34. The van der Waals surface area contributed by atoms with Crippen molar-refractivity contribution in [3.8, 4) is 0 Å². The van der Waals surface area contributed by atoms with Crippen molar-refractivity contribution in [2.24, 2.45) is 0 Å². The number of carbonyl (C=O) groups is 1. The molecular formula is C15H17NO2S. The summed E-state index contributed by atoms with van der Waals surface area (Å²) in [5.74, 6) is -0.265. The molecular weight excluding hydrogens is 258 g/mol. The van der Waals surface area contributed by atoms with Crippen LogP contribution < -0.4 is 0 Å². The molecule has 2 aromatic rings. The van der Waals surface area contributed by atoms with Crippen molar-refractivity contribution in [1.29, 1.82) is 0 Å². The first-order chi connectivity index (χ1) is 9.15. The maximum Gasteiger partial charge on any atom is 0.348 e. The predicted octanol–water partition coefficient (Wildman–Crippen LogP) is 3.39. The van der Waals surface area contributed by atoms with E-state index in [0.29, 0.717) is 11.3 Å². The molecule has 0 saturated carbocycles. The molecule has 0 unspecified atom stereocenters. The van der Waals surface area contributed by atoms with Crippen molar-refractivity contribution in [3.05, 3.63) is 51.0 Å². The lowest BCUT2D eigenvalue weighted by molar-refractivity contribution is 0.0605. The van der Waals surface area contributed by atoms with Gasteiger partial charge in [-0.2, -0.15) is 0 Å². The number of rotatable bonds is 4. The maximum absolute atomic E-state index is 11.7. The highest BCUT2D eigenvalue weighted by Gasteiger charge is 2.17. The van der Waals surface area contributed by atoms with Crippen LogP contribution in [0.3, 0.4) is 0 Å². The molecule has 4 heteroatoms. The molecule has 2 aromatic heterocycles. The molecule has 0 fully saturated rings. The topological polar surface area (TPSA) is 39.2 Å². The molecule has 0 N–H and O–H groups in total. The van der Waals surface area contributed by atoms with Gasteiger partial charge in [0.25, 0.3) is 0 Å². The fraction of sp³-hybridized carbons (Fsp3) is 0.333. The number of aryl methyl sites for hydroxylation is 2. The van der Waals surface area contributed by atoms with E-state index in [4.69, 9.17) is 4.74 Å². The number of hydrogen-bond donors (Lipinski definition) is 0. The molecule has 0 aliphatic carbocycles. The summed E-state index contributed by atoms with van der Waals surface area (Å²) in [6, 6.07) is 4.11. The van der Waals surface area contributed by atoms with Crippen LogP contribution in [0.15, 0.2) is 23.7 Å². The second kappa shape index (κ2) is 5.97. The Morgan fingerprint density at radius 1 is 1.42 bits per heavy atom. The van der Waals surface area contributed by atoms with Crippen molar-refractivity contribution in [3.63, 3.8) is 0 Å². The Hall–Kier alpha value is -1.68. The van der Waals surface area contributed by atoms with Gasteiger partial charge in [-0.15, -0.1) is 11.3 Å². The Morgan fingerprint density at radius 3 is 2.79 bits per heavy atom. The van der Waals surface area contributed by atoms with Crippen LogP contribution in [0.4, 0.5) is 0 Å². The SMILES string of the molecule is CCc1ccc(Cc2c(C)csc2C(=O)OC)nc1. The van der Waals surface area contributed by atoms with E-state index in [1.165, 1.54) is 24.0 Å². The van der Waals surface area contributed by atoms with Crippen LogP contribution in [-0.2, 0) is 17.6 Å². The van der Waals surface area contributed by atoms with Gasteiger partial charge >= 0.3 is 5.97 Å². The lowest BCUT2D eigenvalue weighted by atomic mass is 10.1. The molecule has 2 heterocycles. The van der Waals surface area contributed by atoms with Gasteiger partial charge in [0, 0.05) is 18.3 Å². The van der Waals surface area contributed by atoms with E-state index >= 15 is 0 Å². The van der Waals surface area contributed by atoms with Crippen molar-refractivity contribution in [2.75, 3.05) is 7.11 Å². The van der Waals surface area contributed by atoms with Gasteiger partial charge in [0.2, 0.25) is 0 Å². The summed E-state index contributed by atoms with van der Waals surface area (Å²) in [7, 11) is 1.41. The van der Waals surface area contributed by atoms with Crippen LogP contribution in [0.1, 0.15) is 39.0 Å². The van der Waals surface area contributed by atoms with E-state index in [0.717, 1.165) is 23.2 Å². The normalized spacial score (nSPS) is 10.5. The molecule has 2 rings (SSSR count). The number of ether oxygens (including phenoxy) is 1. The van der Waals surface area contributed by atoms with Gasteiger partial charge in [0.15, 0.2) is 0 Å². The highest BCUT2D eigenvalue weighted by Crippen LogP contribution is 2.25. The van der Waals surface area contributed by atoms with Gasteiger partial charge in [0.05, 0.1) is 7.11 Å². The summed E-state index contributed by atoms with van der Waals surface area (Å²) >= 11 is 1.43. The van der Waals surface area contributed by atoms with Gasteiger partial charge in [-0.05, 0) is 41.5 Å². The van der Waals surface area contributed by atoms with Crippen LogP contribution in [0, 0.1) is 6.92 Å². The first-order valence-electron chi connectivity index (χ1n) is 6.24. The zero-order chi connectivity index (χ0) is 13.8. The summed E-state index contributed by atoms with van der Waals surface area (Å²) < 4.78 is 4.82. The first-order valence-corrected chi connectivity index (χ1v) is 7.12. The maximum atomic E-state index is 11.7. The average molecular weight is 275 g/mol. The Morgan fingerprint density at radius 2 is 2.21 bits per heavy atom. The number of esters is 1. The van der Waals surface area contributed by atoms with Gasteiger partial charge in [-0.25, -0.2) is 4.79 Å². The van der Waals surface area contributed by atoms with Gasteiger partial charge in [0.1, 0.15) is 4.88 Å². The van der Waals surface area contributed by atoms with Crippen LogP contribution in [0.5, 0.6) is 0 Å². The van der Waals surface area contributed by atoms with Crippen molar-refractivity contribution >= 4 is 17.3 Å². The van der Waals surface area contributed by atoms with Crippen LogP contribution in [0.25, 0.3) is 0 Å². The number of methoxy groups -OCH3 is 1. The largest absolute Gasteiger partial charge is 0.465 e. The minimum absolute atomic E-state index is 0.265. The Bertz CT molecular complexity index is 572. The van der Waals surface area contributed by atoms with E-state index in [9.17, 15) is 4.79 Å². The predicted molar refractivity (Wildman–Crippen MR) is 76.8 cm³/mol. The molecule has 0 saturated heterocycles. The Kier molecular flexibility index (Phi) is 4.32. The fourth-order valence-electron chi connectivity index (χ4n) is 1.90. The third-order valence-corrected chi connectivity index (χ3v) is 4.25. The van der Waals surface area contributed by atoms with Gasteiger partial charge in [-0.3, -0.25) is 4.98 Å². The Labute approximate surface area is 117 Å². The molecule has 19 heavy (non-hydrogen) atoms. The minimum atomic E-state index is -0.265. The van der Waals surface area contributed by atoms with Crippen LogP contribution in [0.2, 0.25) is 0 Å². The molecule has 0 aliphatic heterocycles. The van der Waals surface area contributed by atoms with Gasteiger partial charge in [-0.1, -0.05) is 13.0 Å². The highest BCUT2D eigenvalue weighted by molar-refractivity contribution is 7.12. The third-order valence-electron chi connectivity index (χ3n) is 3.13. The molecule has 0 spiro atoms. The van der Waals surface area contributed by atoms with Gasteiger partial charge < -0.3 is 4.74 Å². The third kappa shape index (κ3) is 3.01. The standard InChI is InChI=1S/C15H17NO2S/c1-4-11-5-6-12(16-8-11)7-13-10(2)9-19-14(13)15(17)18-3/h5-6,8-9H,4,7H2,1-3H3. The van der Waals surface area contributed by atoms with E-state index in [1.807, 2.05) is 24.6 Å². The van der Waals surface area contributed by atoms with E-state index in [-0.39, 0.29) is 5.97 Å². The summed E-state index contributed by atoms with van der Waals surface area (Å²) in [6.45, 7) is 4.12. The van der Waals surface area contributed by atoms with E-state index in [2.05, 4.69) is 18.0 Å². The second-order valence-electron chi connectivity index (χ2n) is 4.41. The van der Waals surface area contributed by atoms with Crippen molar-refractivity contribution in [2.45, 2.75) is 26.7 Å². The molecule has 0 aliphatic rings. The molecule has 100 valence electrons. The van der Waals surface area contributed by atoms with Crippen molar-refractivity contribution in [1.82, 2.24) is 4.98 Å². The summed E-state index contributed by atoms with van der Waals surface area (Å²) in [6.07, 6.45) is 3.55. The second-order valence-corrected chi connectivity index (χ2v) is 5.29. The van der Waals surface area contributed by atoms with E-state index < -0.39 is 0 Å². The zero-order valence-corrected chi connectivity index (χ0v) is 12.2. The number of nitrogens with zero attached hydrogens (tertiary/aromatic N) is 1. The zero-order valence-electron chi connectivity index (χ0n) is 11.4. The van der Waals surface area contributed by atoms with Crippen molar-refractivity contribution < 1.29 is 9.53 Å². The number of hydrogen-bond acceptors (Lipinski definition) is 4. The number of pyridine rings is 1. The molecule has 0 aromatic carbocycles. The summed E-state index contributed by atoms with van der Waals surface area (Å²) in [5, 5.41) is 1.99. The quantitative estimate of drug-likeness (QED) is 0.803. The van der Waals surface area contributed by atoms with Crippen LogP contribution in [-0.4, -0.2) is 18.1 Å². The molecule has 0 bridgehead atoms. The smallest absolute Gasteiger partial charge is 0.348 e. The number of carbonyl (C=O) groups excluding carboxylic acids is 1. The molecule has 0 radical (unpaired) electrons. The Balaban J connectivity index is 2.27. The molecule has 0 atom stereocenters. The van der Waals surface area contributed by atoms with E-state index in [1.54, 1.807) is 0 Å². The fourth-order valence-corrected chi connectivity index (χ4v) is 2.89. The summed E-state index contributed by atoms with van der Waals surface area (Å²) in [4.78, 5) is 16.8. The molecule has 0 amide bonds. The first kappa shape index (κ1) is 13.7. The average Bonchev–Trinajstić information content (AvgIpc) is 2.80. The lowest BCUT2D eigenvalue weighted by Gasteiger charge is -2.05. The monoisotopic (exact) mass is 275 g/mol.